The van der Waals surface area contributed by atoms with Crippen molar-refractivity contribution in [2.24, 2.45) is 0 Å². The molecule has 2 aromatic carbocycles. The van der Waals surface area contributed by atoms with Gasteiger partial charge in [0.1, 0.15) is 5.82 Å². The summed E-state index contributed by atoms with van der Waals surface area (Å²) in [6.45, 7) is 1.85. The average molecular weight is 391 g/mol. The van der Waals surface area contributed by atoms with Crippen LogP contribution in [0.3, 0.4) is 0 Å². The number of hydrogen-bond donors (Lipinski definition) is 1. The molecule has 7 heteroatoms. The first kappa shape index (κ1) is 16.8. The number of rotatable bonds is 3. The average Bonchev–Trinajstić information content (AvgIpc) is 3.06. The summed E-state index contributed by atoms with van der Waals surface area (Å²) in [5.41, 5.74) is 2.36. The Hall–Kier alpha value is -3.38. The maximum atomic E-state index is 6.38. The van der Waals surface area contributed by atoms with Crippen molar-refractivity contribution in [3.63, 3.8) is 0 Å². The number of ether oxygens (including phenoxy) is 2. The van der Waals surface area contributed by atoms with Crippen molar-refractivity contribution in [2.75, 3.05) is 5.32 Å². The maximum absolute atomic E-state index is 6.38. The summed E-state index contributed by atoms with van der Waals surface area (Å²) in [6, 6.07) is 15.0. The minimum absolute atomic E-state index is 0.334. The number of anilines is 2. The van der Waals surface area contributed by atoms with Gasteiger partial charge in [0.2, 0.25) is 6.29 Å². The Morgan fingerprint density at radius 1 is 0.964 bits per heavy atom. The van der Waals surface area contributed by atoms with E-state index in [4.69, 9.17) is 31.0 Å². The molecule has 1 aliphatic rings. The highest BCUT2D eigenvalue weighted by atomic mass is 35.5. The van der Waals surface area contributed by atoms with Crippen LogP contribution in [0.4, 0.5) is 11.5 Å². The van der Waals surface area contributed by atoms with E-state index in [1.54, 1.807) is 12.4 Å². The van der Waals surface area contributed by atoms with E-state index in [2.05, 4.69) is 10.3 Å². The number of pyridine rings is 1. The molecule has 0 bridgehead atoms. The molecule has 3 heterocycles. The van der Waals surface area contributed by atoms with Gasteiger partial charge < -0.3 is 14.8 Å². The fourth-order valence-electron chi connectivity index (χ4n) is 3.13. The molecule has 6 nitrogen and oxygen atoms in total. The number of nitrogens with zero attached hydrogens (tertiary/aromatic N) is 3. The van der Waals surface area contributed by atoms with Crippen molar-refractivity contribution in [3.05, 3.63) is 65.9 Å². The molecule has 0 radical (unpaired) electrons. The van der Waals surface area contributed by atoms with Crippen LogP contribution in [0.2, 0.25) is 5.02 Å². The summed E-state index contributed by atoms with van der Waals surface area (Å²) >= 11 is 6.38. The van der Waals surface area contributed by atoms with Crippen LogP contribution >= 0.6 is 11.6 Å². The van der Waals surface area contributed by atoms with Gasteiger partial charge in [0.05, 0.1) is 10.5 Å². The van der Waals surface area contributed by atoms with Crippen LogP contribution in [0.25, 0.3) is 22.3 Å². The second-order valence-corrected chi connectivity index (χ2v) is 6.76. The molecule has 4 aromatic rings. The standard InChI is InChI=1S/C21H15ClN4O2/c1-12-27-18-10-15-17(11-19(18)28-12)25-20(14-4-2-3-5-16(14)22)26-21(15)24-13-6-8-23-9-7-13/h2-12H,1H3,(H,23,24,25,26). The molecule has 1 unspecified atom stereocenters. The van der Waals surface area contributed by atoms with Crippen LogP contribution in [-0.4, -0.2) is 21.2 Å². The van der Waals surface area contributed by atoms with Crippen LogP contribution in [0, 0.1) is 0 Å². The second-order valence-electron chi connectivity index (χ2n) is 6.36. The molecule has 1 atom stereocenters. The number of benzene rings is 2. The first-order chi connectivity index (χ1) is 13.7. The topological polar surface area (TPSA) is 69.2 Å². The number of hydrogen-bond acceptors (Lipinski definition) is 6. The van der Waals surface area contributed by atoms with Crippen molar-refractivity contribution < 1.29 is 9.47 Å². The highest BCUT2D eigenvalue weighted by molar-refractivity contribution is 6.33. The van der Waals surface area contributed by atoms with E-state index < -0.39 is 0 Å². The van der Waals surface area contributed by atoms with Gasteiger partial charge in [-0.25, -0.2) is 9.97 Å². The van der Waals surface area contributed by atoms with E-state index in [1.165, 1.54) is 0 Å². The molecule has 1 N–H and O–H groups in total. The molecule has 2 aromatic heterocycles. The maximum Gasteiger partial charge on any atom is 0.238 e. The minimum atomic E-state index is -0.334. The Morgan fingerprint density at radius 3 is 2.50 bits per heavy atom. The Balaban J connectivity index is 1.72. The number of nitrogens with one attached hydrogen (secondary N) is 1. The van der Waals surface area contributed by atoms with Crippen molar-refractivity contribution >= 4 is 34.0 Å². The Kier molecular flexibility index (Phi) is 3.98. The van der Waals surface area contributed by atoms with Crippen molar-refractivity contribution in [1.29, 1.82) is 0 Å². The normalized spacial score (nSPS) is 15.0. The summed E-state index contributed by atoms with van der Waals surface area (Å²) < 4.78 is 11.4. The molecule has 0 saturated heterocycles. The lowest BCUT2D eigenvalue weighted by Gasteiger charge is -2.12. The van der Waals surface area contributed by atoms with E-state index >= 15 is 0 Å². The van der Waals surface area contributed by atoms with E-state index in [1.807, 2.05) is 55.5 Å². The van der Waals surface area contributed by atoms with E-state index in [0.717, 1.165) is 22.2 Å². The van der Waals surface area contributed by atoms with Crippen molar-refractivity contribution in [3.8, 4) is 22.9 Å². The van der Waals surface area contributed by atoms with Gasteiger partial charge in [-0.05, 0) is 30.3 Å². The zero-order chi connectivity index (χ0) is 19.1. The third-order valence-electron chi connectivity index (χ3n) is 4.40. The molecule has 0 spiro atoms. The summed E-state index contributed by atoms with van der Waals surface area (Å²) in [5, 5.41) is 4.76. The van der Waals surface area contributed by atoms with Gasteiger partial charge in [0, 0.05) is 42.0 Å². The molecule has 0 fully saturated rings. The number of halogens is 1. The fourth-order valence-corrected chi connectivity index (χ4v) is 3.35. The fraction of sp³-hybridized carbons (Fsp3) is 0.0952. The molecule has 28 heavy (non-hydrogen) atoms. The lowest BCUT2D eigenvalue weighted by atomic mass is 10.1. The summed E-state index contributed by atoms with van der Waals surface area (Å²) in [6.07, 6.45) is 3.10. The monoisotopic (exact) mass is 390 g/mol. The largest absolute Gasteiger partial charge is 0.451 e. The molecular weight excluding hydrogens is 376 g/mol. The smallest absolute Gasteiger partial charge is 0.238 e. The van der Waals surface area contributed by atoms with Crippen LogP contribution in [0.5, 0.6) is 11.5 Å². The van der Waals surface area contributed by atoms with Crippen LogP contribution in [0.1, 0.15) is 6.92 Å². The minimum Gasteiger partial charge on any atom is -0.451 e. The van der Waals surface area contributed by atoms with Crippen LogP contribution < -0.4 is 14.8 Å². The molecular formula is C21H15ClN4O2. The molecule has 138 valence electrons. The van der Waals surface area contributed by atoms with Gasteiger partial charge in [0.25, 0.3) is 0 Å². The first-order valence-electron chi connectivity index (χ1n) is 8.78. The third kappa shape index (κ3) is 2.97. The lowest BCUT2D eigenvalue weighted by Crippen LogP contribution is -2.11. The quantitative estimate of drug-likeness (QED) is 0.518. The molecule has 5 rings (SSSR count). The predicted octanol–water partition coefficient (Wildman–Crippen LogP) is 5.21. The summed E-state index contributed by atoms with van der Waals surface area (Å²) in [7, 11) is 0. The third-order valence-corrected chi connectivity index (χ3v) is 4.73. The van der Waals surface area contributed by atoms with Crippen molar-refractivity contribution in [2.45, 2.75) is 13.2 Å². The van der Waals surface area contributed by atoms with E-state index in [9.17, 15) is 0 Å². The van der Waals surface area contributed by atoms with Gasteiger partial charge in [-0.2, -0.15) is 0 Å². The number of aromatic nitrogens is 3. The SMILES string of the molecule is CC1Oc2cc3nc(-c4ccccc4Cl)nc(Nc4ccncc4)c3cc2O1. The highest BCUT2D eigenvalue weighted by Crippen LogP contribution is 2.40. The lowest BCUT2D eigenvalue weighted by molar-refractivity contribution is 0.0679. The Bertz CT molecular complexity index is 1180. The molecule has 0 aliphatic carbocycles. The van der Waals surface area contributed by atoms with Crippen LogP contribution in [0.15, 0.2) is 60.9 Å². The summed E-state index contributed by atoms with van der Waals surface area (Å²) in [5.74, 6) is 2.52. The van der Waals surface area contributed by atoms with Gasteiger partial charge in [-0.3, -0.25) is 4.98 Å². The molecule has 0 amide bonds. The zero-order valence-electron chi connectivity index (χ0n) is 14.9. The Labute approximate surface area is 166 Å². The highest BCUT2D eigenvalue weighted by Gasteiger charge is 2.23. The van der Waals surface area contributed by atoms with Gasteiger partial charge in [-0.1, -0.05) is 23.7 Å². The van der Waals surface area contributed by atoms with Gasteiger partial charge in [0.15, 0.2) is 17.3 Å². The van der Waals surface area contributed by atoms with Crippen molar-refractivity contribution in [1.82, 2.24) is 15.0 Å². The van der Waals surface area contributed by atoms with E-state index in [-0.39, 0.29) is 6.29 Å². The zero-order valence-corrected chi connectivity index (χ0v) is 15.6. The molecule has 0 saturated carbocycles. The Morgan fingerprint density at radius 2 is 1.71 bits per heavy atom. The first-order valence-corrected chi connectivity index (χ1v) is 9.16. The summed E-state index contributed by atoms with van der Waals surface area (Å²) in [4.78, 5) is 13.5. The van der Waals surface area contributed by atoms with Crippen LogP contribution in [-0.2, 0) is 0 Å². The molecule has 1 aliphatic heterocycles. The second kappa shape index (κ2) is 6.65. The van der Waals surface area contributed by atoms with Gasteiger partial charge in [-0.15, -0.1) is 0 Å². The van der Waals surface area contributed by atoms with Gasteiger partial charge >= 0.3 is 0 Å². The predicted molar refractivity (Wildman–Crippen MR) is 108 cm³/mol. The van der Waals surface area contributed by atoms with E-state index in [0.29, 0.717) is 28.2 Å². The number of fused-ring (bicyclic) bond motifs is 2.